The zero-order valence-corrected chi connectivity index (χ0v) is 44.0. The third-order valence-corrected chi connectivity index (χ3v) is 18.1. The van der Waals surface area contributed by atoms with Crippen molar-refractivity contribution in [1.29, 1.82) is 0 Å². The Hall–Kier alpha value is -5.31. The van der Waals surface area contributed by atoms with Crippen LogP contribution in [-0.4, -0.2) is 91.9 Å². The van der Waals surface area contributed by atoms with Gasteiger partial charge in [-0.15, -0.1) is 0 Å². The molecule has 2 N–H and O–H groups in total. The summed E-state index contributed by atoms with van der Waals surface area (Å²) < 4.78 is 48.1. The van der Waals surface area contributed by atoms with Crippen LogP contribution in [0.4, 0.5) is 0 Å². The summed E-state index contributed by atoms with van der Waals surface area (Å²) in [7, 11) is -2.12. The number of amides is 1. The number of fused-ring (bicyclic) bond motifs is 7. The summed E-state index contributed by atoms with van der Waals surface area (Å²) in [6.45, 7) is 13.1. The number of rotatable bonds is 20. The van der Waals surface area contributed by atoms with Gasteiger partial charge in [-0.25, -0.2) is 4.79 Å². The van der Waals surface area contributed by atoms with Gasteiger partial charge in [0.25, 0.3) is 16.0 Å². The lowest BCUT2D eigenvalue weighted by Crippen LogP contribution is -2.54. The standard InChI is InChI=1S/C58H73N3O10S/c1-7-8-29-60-48-19-11-9-17-42(48)53(43-18-10-12-20-49(43)60)56(66)71-54-38(2)34-40(35-39(54)3)55(65)59-28-15-31-61(6,32-16-33-72(67,68)69)30-14-13-21-52(64)70-50-37-44-45-22-23-51(63)58(45,5)27-25-46(44)57(4)26-24-41(62)36-47(50)57/h9-12,17-20,34-36,44-46,50H,7-8,13-16,21-33,37H2,1-6H3/p+2/t44?,45?,46?,50-,57-,58+,61?/m1/s1. The van der Waals surface area contributed by atoms with Gasteiger partial charge in [0.05, 0.1) is 48.8 Å². The van der Waals surface area contributed by atoms with Crippen LogP contribution in [0.3, 0.4) is 0 Å². The first-order chi connectivity index (χ1) is 34.2. The second-order valence-corrected chi connectivity index (χ2v) is 23.8. The first-order valence-corrected chi connectivity index (χ1v) is 28.1. The van der Waals surface area contributed by atoms with Crippen LogP contribution in [0.5, 0.6) is 5.75 Å². The van der Waals surface area contributed by atoms with E-state index in [0.717, 1.165) is 72.4 Å². The van der Waals surface area contributed by atoms with Gasteiger partial charge in [-0.1, -0.05) is 51.5 Å². The fourth-order valence-corrected chi connectivity index (χ4v) is 13.9. The number of benzene rings is 3. The Bertz CT molecular complexity index is 2830. The molecule has 0 bridgehead atoms. The highest BCUT2D eigenvalue weighted by Crippen LogP contribution is 2.64. The molecule has 8 rings (SSSR count). The molecule has 72 heavy (non-hydrogen) atoms. The fourth-order valence-electron chi connectivity index (χ4n) is 13.5. The van der Waals surface area contributed by atoms with Crippen LogP contribution in [0.25, 0.3) is 21.8 Å². The number of quaternary nitrogens is 1. The number of nitrogens with zero attached hydrogens (tertiary/aromatic N) is 2. The summed E-state index contributed by atoms with van der Waals surface area (Å²) in [5.74, 6) is 0.291. The molecule has 1 amide bonds. The van der Waals surface area contributed by atoms with Gasteiger partial charge in [-0.2, -0.15) is 13.0 Å². The lowest BCUT2D eigenvalue weighted by molar-refractivity contribution is -0.909. The van der Waals surface area contributed by atoms with Gasteiger partial charge in [0.1, 0.15) is 24.2 Å². The van der Waals surface area contributed by atoms with E-state index in [1.807, 2.05) is 69.4 Å². The number of pyridine rings is 1. The van der Waals surface area contributed by atoms with Crippen molar-refractivity contribution < 1.29 is 55.5 Å². The molecular formula is C58H75N3O10S+2. The summed E-state index contributed by atoms with van der Waals surface area (Å²) >= 11 is 0. The molecular weight excluding hydrogens is 931 g/mol. The van der Waals surface area contributed by atoms with Crippen LogP contribution in [0.2, 0.25) is 0 Å². The van der Waals surface area contributed by atoms with Gasteiger partial charge < -0.3 is 19.3 Å². The molecule has 3 saturated carbocycles. The molecule has 4 aliphatic carbocycles. The van der Waals surface area contributed by atoms with Crippen molar-refractivity contribution in [2.45, 2.75) is 137 Å². The zero-order chi connectivity index (χ0) is 51.6. The van der Waals surface area contributed by atoms with Crippen LogP contribution in [0.15, 0.2) is 72.3 Å². The Labute approximate surface area is 425 Å². The highest BCUT2D eigenvalue weighted by Gasteiger charge is 2.61. The maximum Gasteiger partial charge on any atom is 0.345 e. The molecule has 1 heterocycles. The quantitative estimate of drug-likeness (QED) is 0.0165. The average molecular weight is 1010 g/mol. The van der Waals surface area contributed by atoms with E-state index >= 15 is 0 Å². The van der Waals surface area contributed by atoms with Gasteiger partial charge in [-0.3, -0.25) is 23.7 Å². The van der Waals surface area contributed by atoms with Crippen molar-refractivity contribution in [3.63, 3.8) is 0 Å². The molecule has 0 spiro atoms. The minimum Gasteiger partial charge on any atom is -0.458 e. The van der Waals surface area contributed by atoms with E-state index in [2.05, 4.69) is 30.7 Å². The van der Waals surface area contributed by atoms with E-state index in [-0.39, 0.29) is 58.9 Å². The van der Waals surface area contributed by atoms with E-state index in [0.29, 0.717) is 109 Å². The molecule has 3 aromatic carbocycles. The molecule has 386 valence electrons. The maximum atomic E-state index is 14.2. The summed E-state index contributed by atoms with van der Waals surface area (Å²) in [6, 6.07) is 19.3. The number of carbonyl (C=O) groups is 5. The number of aromatic nitrogens is 1. The summed E-state index contributed by atoms with van der Waals surface area (Å²) in [5.41, 5.74) is 4.52. The summed E-state index contributed by atoms with van der Waals surface area (Å²) in [4.78, 5) is 67.3. The number of Topliss-reactive ketones (excluding diaryl/α,β-unsaturated/α-hetero) is 1. The van der Waals surface area contributed by atoms with Gasteiger partial charge >= 0.3 is 11.9 Å². The van der Waals surface area contributed by atoms with E-state index in [4.69, 9.17) is 9.47 Å². The molecule has 13 nitrogen and oxygen atoms in total. The molecule has 1 aromatic heterocycles. The smallest absolute Gasteiger partial charge is 0.345 e. The lowest BCUT2D eigenvalue weighted by Gasteiger charge is -2.58. The molecule has 0 aliphatic heterocycles. The molecule has 0 saturated heterocycles. The summed E-state index contributed by atoms with van der Waals surface area (Å²) in [6.07, 6.45) is 10.7. The van der Waals surface area contributed by atoms with Gasteiger partial charge in [0.15, 0.2) is 5.78 Å². The summed E-state index contributed by atoms with van der Waals surface area (Å²) in [5, 5.41) is 4.66. The van der Waals surface area contributed by atoms with E-state index in [1.165, 1.54) is 0 Å². The van der Waals surface area contributed by atoms with Gasteiger partial charge in [0, 0.05) is 68.2 Å². The first kappa shape index (κ1) is 53.0. The highest BCUT2D eigenvalue weighted by molar-refractivity contribution is 7.85. The van der Waals surface area contributed by atoms with Crippen LogP contribution in [-0.2, 0) is 35.8 Å². The second-order valence-electron chi connectivity index (χ2n) is 22.2. The Morgan fingerprint density at radius 1 is 0.833 bits per heavy atom. The van der Waals surface area contributed by atoms with Crippen molar-refractivity contribution in [2.75, 3.05) is 39.0 Å². The number of nitrogens with one attached hydrogen (secondary N) is 1. The van der Waals surface area contributed by atoms with Crippen molar-refractivity contribution in [3.05, 3.63) is 94.6 Å². The number of hydrogen-bond donors (Lipinski definition) is 2. The van der Waals surface area contributed by atoms with E-state index in [1.54, 1.807) is 18.2 Å². The van der Waals surface area contributed by atoms with Crippen molar-refractivity contribution in [3.8, 4) is 5.75 Å². The molecule has 4 unspecified atom stereocenters. The van der Waals surface area contributed by atoms with E-state index < -0.39 is 22.2 Å². The minimum absolute atomic E-state index is 0.0746. The Balaban J connectivity index is 0.865. The monoisotopic (exact) mass is 1010 g/mol. The maximum absolute atomic E-state index is 14.2. The number of para-hydroxylation sites is 2. The molecule has 14 heteroatoms. The number of esters is 2. The van der Waals surface area contributed by atoms with Crippen molar-refractivity contribution >= 4 is 61.3 Å². The molecule has 4 aliphatic rings. The SMILES string of the molecule is CCCC[n+]1c2ccccc2c(C(=O)Oc2c(C)cc(C(=O)NCCC[N+](C)(CCCCC(=O)O[C@@H]3CC4C(CC[C@]5(C)C(=O)CCC45)[C@@]4(C)CCC(=O)C=C34)CCCS(=O)(=O)O)cc2C)c2ccccc21. The molecule has 4 aromatic rings. The van der Waals surface area contributed by atoms with Gasteiger partial charge in [0.2, 0.25) is 11.0 Å². The number of aryl methyl sites for hydroxylation is 3. The Morgan fingerprint density at radius 3 is 2.14 bits per heavy atom. The van der Waals surface area contributed by atoms with Crippen LogP contribution in [0.1, 0.15) is 143 Å². The Kier molecular flexibility index (Phi) is 15.9. The number of hydrogen-bond acceptors (Lipinski definition) is 9. The van der Waals surface area contributed by atoms with Crippen LogP contribution in [0, 0.1) is 42.4 Å². The first-order valence-electron chi connectivity index (χ1n) is 26.5. The molecule has 3 fully saturated rings. The number of ether oxygens (including phenoxy) is 2. The predicted molar refractivity (Wildman–Crippen MR) is 277 cm³/mol. The fraction of sp³-hybridized carbons (Fsp3) is 0.552. The normalized spacial score (nSPS) is 24.7. The molecule has 7 atom stereocenters. The molecule has 0 radical (unpaired) electrons. The van der Waals surface area contributed by atoms with E-state index in [9.17, 15) is 36.9 Å². The third-order valence-electron chi connectivity index (χ3n) is 17.3. The van der Waals surface area contributed by atoms with Crippen molar-refractivity contribution in [2.24, 2.45) is 28.6 Å². The number of carbonyl (C=O) groups excluding carboxylic acids is 5. The topological polar surface area (TPSA) is 174 Å². The van der Waals surface area contributed by atoms with Gasteiger partial charge in [-0.05, 0) is 129 Å². The second kappa shape index (κ2) is 21.6. The van der Waals surface area contributed by atoms with Crippen molar-refractivity contribution in [1.82, 2.24) is 5.32 Å². The van der Waals surface area contributed by atoms with Crippen LogP contribution >= 0.6 is 0 Å². The highest BCUT2D eigenvalue weighted by atomic mass is 32.2. The third kappa shape index (κ3) is 11.1. The number of unbranched alkanes of at least 4 members (excludes halogenated alkanes) is 2. The predicted octanol–water partition coefficient (Wildman–Crippen LogP) is 9.55. The Morgan fingerprint density at radius 2 is 1.47 bits per heavy atom. The average Bonchev–Trinajstić information content (AvgIpc) is 3.65. The largest absolute Gasteiger partial charge is 0.458 e. The number of ketones is 2. The van der Waals surface area contributed by atoms with Crippen LogP contribution < -0.4 is 14.6 Å². The minimum atomic E-state index is -4.15. The lowest BCUT2D eigenvalue weighted by atomic mass is 9.47. The zero-order valence-electron chi connectivity index (χ0n) is 43.2.